The van der Waals surface area contributed by atoms with Crippen LogP contribution in [0.2, 0.25) is 0 Å². The third kappa shape index (κ3) is 4.85. The molecule has 0 unspecified atom stereocenters. The summed E-state index contributed by atoms with van der Waals surface area (Å²) in [4.78, 5) is 20.1. The summed E-state index contributed by atoms with van der Waals surface area (Å²) >= 11 is 0. The van der Waals surface area contributed by atoms with Gasteiger partial charge >= 0.3 is 0 Å². The van der Waals surface area contributed by atoms with E-state index in [0.29, 0.717) is 6.54 Å². The standard InChI is InChI=1S/C15H18N4O2/c1-11-17-8-7-13(18-11)9-16-10-15(20)19-12-3-5-14(21-2)6-4-12/h3-8,16H,9-10H2,1-2H3,(H,19,20). The van der Waals surface area contributed by atoms with E-state index in [1.807, 2.05) is 13.0 Å². The number of carbonyl (C=O) groups is 1. The van der Waals surface area contributed by atoms with Gasteiger partial charge in [0, 0.05) is 18.4 Å². The minimum absolute atomic E-state index is 0.106. The van der Waals surface area contributed by atoms with Crippen LogP contribution in [0.25, 0.3) is 0 Å². The first-order chi connectivity index (χ1) is 10.2. The van der Waals surface area contributed by atoms with Gasteiger partial charge in [-0.2, -0.15) is 0 Å². The van der Waals surface area contributed by atoms with Gasteiger partial charge in [0.25, 0.3) is 0 Å². The van der Waals surface area contributed by atoms with Crippen molar-refractivity contribution in [2.75, 3.05) is 19.0 Å². The molecular weight excluding hydrogens is 268 g/mol. The van der Waals surface area contributed by atoms with Gasteiger partial charge in [-0.15, -0.1) is 0 Å². The zero-order valence-electron chi connectivity index (χ0n) is 12.1. The van der Waals surface area contributed by atoms with Crippen LogP contribution in [0.4, 0.5) is 5.69 Å². The fourth-order valence-corrected chi connectivity index (χ4v) is 1.79. The number of amides is 1. The highest BCUT2D eigenvalue weighted by Gasteiger charge is 2.03. The molecule has 1 heterocycles. The van der Waals surface area contributed by atoms with Crippen LogP contribution in [0.3, 0.4) is 0 Å². The Hall–Kier alpha value is -2.47. The molecule has 110 valence electrons. The molecule has 0 aliphatic rings. The van der Waals surface area contributed by atoms with Crippen molar-refractivity contribution >= 4 is 11.6 Å². The number of nitrogens with one attached hydrogen (secondary N) is 2. The predicted octanol–water partition coefficient (Wildman–Crippen LogP) is 1.52. The summed E-state index contributed by atoms with van der Waals surface area (Å²) in [5, 5.41) is 5.85. The summed E-state index contributed by atoms with van der Waals surface area (Å²) in [5.41, 5.74) is 1.60. The van der Waals surface area contributed by atoms with E-state index in [1.54, 1.807) is 37.6 Å². The number of anilines is 1. The Morgan fingerprint density at radius 1 is 1.24 bits per heavy atom. The lowest BCUT2D eigenvalue weighted by Gasteiger charge is -2.07. The Morgan fingerprint density at radius 3 is 2.67 bits per heavy atom. The van der Waals surface area contributed by atoms with Gasteiger partial charge in [0.15, 0.2) is 0 Å². The number of aromatic nitrogens is 2. The molecule has 0 bridgehead atoms. The molecule has 2 aromatic rings. The van der Waals surface area contributed by atoms with Crippen molar-refractivity contribution in [3.05, 3.63) is 48.0 Å². The lowest BCUT2D eigenvalue weighted by Crippen LogP contribution is -2.28. The normalized spacial score (nSPS) is 10.2. The molecule has 21 heavy (non-hydrogen) atoms. The summed E-state index contributed by atoms with van der Waals surface area (Å²) in [6, 6.07) is 9.01. The lowest BCUT2D eigenvalue weighted by molar-refractivity contribution is -0.115. The third-order valence-corrected chi connectivity index (χ3v) is 2.80. The van der Waals surface area contributed by atoms with Crippen molar-refractivity contribution in [1.82, 2.24) is 15.3 Å². The fourth-order valence-electron chi connectivity index (χ4n) is 1.79. The molecule has 2 N–H and O–H groups in total. The summed E-state index contributed by atoms with van der Waals surface area (Å²) in [7, 11) is 1.60. The van der Waals surface area contributed by atoms with Gasteiger partial charge in [0.1, 0.15) is 11.6 Å². The minimum Gasteiger partial charge on any atom is -0.497 e. The second-order valence-electron chi connectivity index (χ2n) is 4.48. The van der Waals surface area contributed by atoms with Crippen molar-refractivity contribution in [2.45, 2.75) is 13.5 Å². The van der Waals surface area contributed by atoms with Crippen LogP contribution < -0.4 is 15.4 Å². The quantitative estimate of drug-likeness (QED) is 0.842. The van der Waals surface area contributed by atoms with E-state index in [-0.39, 0.29) is 12.5 Å². The third-order valence-electron chi connectivity index (χ3n) is 2.80. The molecule has 0 aliphatic carbocycles. The van der Waals surface area contributed by atoms with Crippen molar-refractivity contribution in [3.8, 4) is 5.75 Å². The smallest absolute Gasteiger partial charge is 0.238 e. The predicted molar refractivity (Wildman–Crippen MR) is 80.1 cm³/mol. The molecule has 0 aliphatic heterocycles. The van der Waals surface area contributed by atoms with Crippen LogP contribution in [0, 0.1) is 6.92 Å². The topological polar surface area (TPSA) is 76.1 Å². The van der Waals surface area contributed by atoms with Crippen LogP contribution in [-0.4, -0.2) is 29.5 Å². The van der Waals surface area contributed by atoms with E-state index >= 15 is 0 Å². The average Bonchev–Trinajstić information content (AvgIpc) is 2.48. The van der Waals surface area contributed by atoms with Crippen molar-refractivity contribution in [1.29, 1.82) is 0 Å². The Bertz CT molecular complexity index is 599. The Kier molecular flexibility index (Phi) is 5.22. The van der Waals surface area contributed by atoms with Gasteiger partial charge in [-0.05, 0) is 37.3 Å². The largest absolute Gasteiger partial charge is 0.497 e. The van der Waals surface area contributed by atoms with Gasteiger partial charge in [0.2, 0.25) is 5.91 Å². The number of ether oxygens (including phenoxy) is 1. The summed E-state index contributed by atoms with van der Waals surface area (Å²) < 4.78 is 5.06. The SMILES string of the molecule is COc1ccc(NC(=O)CNCc2ccnc(C)n2)cc1. The Morgan fingerprint density at radius 2 is 2.00 bits per heavy atom. The molecule has 2 rings (SSSR count). The van der Waals surface area contributed by atoms with Gasteiger partial charge in [-0.3, -0.25) is 4.79 Å². The highest BCUT2D eigenvalue weighted by atomic mass is 16.5. The summed E-state index contributed by atoms with van der Waals surface area (Å²) in [6.07, 6.45) is 1.71. The molecule has 1 amide bonds. The highest BCUT2D eigenvalue weighted by Crippen LogP contribution is 2.14. The summed E-state index contributed by atoms with van der Waals surface area (Å²) in [6.45, 7) is 2.58. The highest BCUT2D eigenvalue weighted by molar-refractivity contribution is 5.92. The number of aryl methyl sites for hydroxylation is 1. The van der Waals surface area contributed by atoms with E-state index in [4.69, 9.17) is 4.74 Å². The number of methoxy groups -OCH3 is 1. The molecular formula is C15H18N4O2. The maximum absolute atomic E-state index is 11.8. The van der Waals surface area contributed by atoms with E-state index in [9.17, 15) is 4.79 Å². The molecule has 0 spiro atoms. The van der Waals surface area contributed by atoms with Crippen LogP contribution in [0.5, 0.6) is 5.75 Å². The molecule has 6 nitrogen and oxygen atoms in total. The van der Waals surface area contributed by atoms with Crippen molar-refractivity contribution in [2.24, 2.45) is 0 Å². The molecule has 0 atom stereocenters. The van der Waals surface area contributed by atoms with E-state index in [2.05, 4.69) is 20.6 Å². The van der Waals surface area contributed by atoms with Crippen LogP contribution >= 0.6 is 0 Å². The van der Waals surface area contributed by atoms with Crippen molar-refractivity contribution in [3.63, 3.8) is 0 Å². The van der Waals surface area contributed by atoms with Gasteiger partial charge in [0.05, 0.1) is 19.3 Å². The maximum Gasteiger partial charge on any atom is 0.238 e. The summed E-state index contributed by atoms with van der Waals surface area (Å²) in [5.74, 6) is 1.37. The molecule has 0 saturated heterocycles. The van der Waals surface area contributed by atoms with Crippen molar-refractivity contribution < 1.29 is 9.53 Å². The minimum atomic E-state index is -0.106. The van der Waals surface area contributed by atoms with Gasteiger partial charge < -0.3 is 15.4 Å². The first-order valence-electron chi connectivity index (χ1n) is 6.60. The number of hydrogen-bond donors (Lipinski definition) is 2. The monoisotopic (exact) mass is 286 g/mol. The lowest BCUT2D eigenvalue weighted by atomic mass is 10.3. The first kappa shape index (κ1) is 14.9. The first-order valence-corrected chi connectivity index (χ1v) is 6.60. The maximum atomic E-state index is 11.8. The molecule has 0 saturated carbocycles. The number of hydrogen-bond acceptors (Lipinski definition) is 5. The zero-order valence-corrected chi connectivity index (χ0v) is 12.1. The van der Waals surface area contributed by atoms with Crippen LogP contribution in [0.1, 0.15) is 11.5 Å². The number of carbonyl (C=O) groups excluding carboxylic acids is 1. The van der Waals surface area contributed by atoms with Gasteiger partial charge in [-0.25, -0.2) is 9.97 Å². The number of rotatable bonds is 6. The van der Waals surface area contributed by atoms with E-state index in [0.717, 1.165) is 23.0 Å². The zero-order chi connectivity index (χ0) is 15.1. The fraction of sp³-hybridized carbons (Fsp3) is 0.267. The van der Waals surface area contributed by atoms with Gasteiger partial charge in [-0.1, -0.05) is 0 Å². The second-order valence-corrected chi connectivity index (χ2v) is 4.48. The molecule has 1 aromatic carbocycles. The second kappa shape index (κ2) is 7.35. The average molecular weight is 286 g/mol. The Labute approximate surface area is 123 Å². The number of nitrogens with zero attached hydrogens (tertiary/aromatic N) is 2. The van der Waals surface area contributed by atoms with E-state index < -0.39 is 0 Å². The number of benzene rings is 1. The Balaban J connectivity index is 1.76. The molecule has 0 fully saturated rings. The molecule has 1 aromatic heterocycles. The van der Waals surface area contributed by atoms with Crippen LogP contribution in [0.15, 0.2) is 36.5 Å². The van der Waals surface area contributed by atoms with E-state index in [1.165, 1.54) is 0 Å². The van der Waals surface area contributed by atoms with Crippen LogP contribution in [-0.2, 0) is 11.3 Å². The molecule has 0 radical (unpaired) electrons. The molecule has 6 heteroatoms.